The van der Waals surface area contributed by atoms with Crippen molar-refractivity contribution in [2.24, 2.45) is 5.92 Å². The van der Waals surface area contributed by atoms with E-state index >= 15 is 0 Å². The van der Waals surface area contributed by atoms with Gasteiger partial charge in [-0.25, -0.2) is 0 Å². The number of aryl methyl sites for hydroxylation is 2. The molecule has 1 saturated carbocycles. The minimum atomic E-state index is 0.246. The summed E-state index contributed by atoms with van der Waals surface area (Å²) in [5.41, 5.74) is 2.17. The smallest absolute Gasteiger partial charge is 0.220 e. The van der Waals surface area contributed by atoms with Crippen LogP contribution in [0.4, 0.5) is 0 Å². The van der Waals surface area contributed by atoms with Crippen molar-refractivity contribution in [1.82, 2.24) is 15.4 Å². The predicted octanol–water partition coefficient (Wildman–Crippen LogP) is 2.56. The van der Waals surface area contributed by atoms with Crippen molar-refractivity contribution in [3.63, 3.8) is 0 Å². The Bertz CT molecular complexity index is 500. The minimum absolute atomic E-state index is 0.246. The molecule has 1 aromatic heterocycles. The fourth-order valence-electron chi connectivity index (χ4n) is 3.81. The molecule has 1 aliphatic carbocycles. The number of hydrogen-bond donors (Lipinski definition) is 1. The second kappa shape index (κ2) is 6.82. The summed E-state index contributed by atoms with van der Waals surface area (Å²) >= 11 is 0. The van der Waals surface area contributed by atoms with Crippen LogP contribution in [0.2, 0.25) is 0 Å². The number of nitrogens with zero attached hydrogens (tertiary/aromatic N) is 2. The summed E-state index contributed by atoms with van der Waals surface area (Å²) in [6, 6.07) is 0.300. The molecule has 1 amide bonds. The zero-order chi connectivity index (χ0) is 15.5. The van der Waals surface area contributed by atoms with Crippen molar-refractivity contribution in [3.8, 4) is 0 Å². The van der Waals surface area contributed by atoms with Crippen molar-refractivity contribution >= 4 is 5.91 Å². The largest absolute Gasteiger partial charge is 0.361 e. The number of nitrogens with one attached hydrogen (secondary N) is 1. The Hall–Kier alpha value is -1.36. The van der Waals surface area contributed by atoms with E-state index in [4.69, 9.17) is 4.52 Å². The third-order valence-corrected chi connectivity index (χ3v) is 5.15. The summed E-state index contributed by atoms with van der Waals surface area (Å²) < 4.78 is 5.22. The Morgan fingerprint density at radius 3 is 2.77 bits per heavy atom. The van der Waals surface area contributed by atoms with Crippen LogP contribution in [0.3, 0.4) is 0 Å². The predicted molar refractivity (Wildman–Crippen MR) is 84.4 cm³/mol. The van der Waals surface area contributed by atoms with E-state index in [1.165, 1.54) is 31.2 Å². The zero-order valence-electron chi connectivity index (χ0n) is 13.7. The molecule has 5 heteroatoms. The number of likely N-dealkylation sites (tertiary alicyclic amines) is 1. The zero-order valence-corrected chi connectivity index (χ0v) is 13.7. The van der Waals surface area contributed by atoms with E-state index in [2.05, 4.69) is 15.4 Å². The lowest BCUT2D eigenvalue weighted by Gasteiger charge is -2.17. The lowest BCUT2D eigenvalue weighted by molar-refractivity contribution is -0.122. The highest BCUT2D eigenvalue weighted by molar-refractivity contribution is 5.76. The summed E-state index contributed by atoms with van der Waals surface area (Å²) in [4.78, 5) is 14.5. The molecule has 122 valence electrons. The van der Waals surface area contributed by atoms with Crippen molar-refractivity contribution in [1.29, 1.82) is 0 Å². The van der Waals surface area contributed by atoms with Gasteiger partial charge >= 0.3 is 0 Å². The summed E-state index contributed by atoms with van der Waals surface area (Å²) in [6.45, 7) is 6.78. The highest BCUT2D eigenvalue weighted by Crippen LogP contribution is 2.27. The fraction of sp³-hybridized carbons (Fsp3) is 0.765. The quantitative estimate of drug-likeness (QED) is 0.908. The van der Waals surface area contributed by atoms with Gasteiger partial charge in [0.05, 0.1) is 5.69 Å². The van der Waals surface area contributed by atoms with Gasteiger partial charge in [-0.1, -0.05) is 18.0 Å². The Morgan fingerprint density at radius 2 is 2.09 bits per heavy atom. The first kappa shape index (κ1) is 15.5. The second-order valence-electron chi connectivity index (χ2n) is 6.95. The first-order valence-electron chi connectivity index (χ1n) is 8.55. The number of rotatable bonds is 5. The molecule has 0 radical (unpaired) electrons. The Balaban J connectivity index is 1.45. The Kier molecular flexibility index (Phi) is 4.81. The fourth-order valence-corrected chi connectivity index (χ4v) is 3.81. The van der Waals surface area contributed by atoms with Crippen LogP contribution in [0.25, 0.3) is 0 Å². The van der Waals surface area contributed by atoms with Crippen molar-refractivity contribution in [2.75, 3.05) is 13.1 Å². The first-order chi connectivity index (χ1) is 10.6. The summed E-state index contributed by atoms with van der Waals surface area (Å²) in [7, 11) is 0. The van der Waals surface area contributed by atoms with E-state index in [1.807, 2.05) is 13.8 Å². The van der Waals surface area contributed by atoms with Crippen LogP contribution in [0, 0.1) is 19.8 Å². The number of hydrogen-bond acceptors (Lipinski definition) is 4. The lowest BCUT2D eigenvalue weighted by atomic mass is 10.0. The van der Waals surface area contributed by atoms with Crippen LogP contribution in [0.5, 0.6) is 0 Å². The van der Waals surface area contributed by atoms with Crippen LogP contribution in [0.1, 0.15) is 55.5 Å². The molecule has 1 N–H and O–H groups in total. The number of carbonyl (C=O) groups is 1. The molecule has 22 heavy (non-hydrogen) atoms. The molecule has 1 aliphatic heterocycles. The molecule has 0 spiro atoms. The molecule has 1 saturated heterocycles. The standard InChI is InChI=1S/C17H27N3O2/c1-12-16(13(2)22-19-12)11-20-8-7-15(10-20)18-17(21)9-14-5-3-4-6-14/h14-15H,3-11H2,1-2H3,(H,18,21)/t15-/m0/s1. The normalized spacial score (nSPS) is 23.3. The van der Waals surface area contributed by atoms with Gasteiger partial charge in [-0.2, -0.15) is 0 Å². The first-order valence-corrected chi connectivity index (χ1v) is 8.55. The molecular formula is C17H27N3O2. The maximum atomic E-state index is 12.1. The molecule has 0 unspecified atom stereocenters. The summed E-state index contributed by atoms with van der Waals surface area (Å²) in [6.07, 6.45) is 6.83. The Labute approximate surface area is 132 Å². The van der Waals surface area contributed by atoms with Gasteiger partial charge in [-0.15, -0.1) is 0 Å². The van der Waals surface area contributed by atoms with E-state index < -0.39 is 0 Å². The van der Waals surface area contributed by atoms with Gasteiger partial charge in [-0.05, 0) is 39.0 Å². The molecule has 3 rings (SSSR count). The topological polar surface area (TPSA) is 58.4 Å². The highest BCUT2D eigenvalue weighted by atomic mass is 16.5. The van der Waals surface area contributed by atoms with Crippen LogP contribution in [-0.4, -0.2) is 35.1 Å². The van der Waals surface area contributed by atoms with Crippen molar-refractivity contribution < 1.29 is 9.32 Å². The number of carbonyl (C=O) groups excluding carboxylic acids is 1. The van der Waals surface area contributed by atoms with E-state index in [9.17, 15) is 4.79 Å². The lowest BCUT2D eigenvalue weighted by Crippen LogP contribution is -2.37. The summed E-state index contributed by atoms with van der Waals surface area (Å²) in [5, 5.41) is 7.24. The van der Waals surface area contributed by atoms with Gasteiger partial charge in [0.1, 0.15) is 5.76 Å². The molecule has 2 heterocycles. The van der Waals surface area contributed by atoms with Crippen LogP contribution in [0.15, 0.2) is 4.52 Å². The number of aromatic nitrogens is 1. The van der Waals surface area contributed by atoms with Gasteiger partial charge in [0.25, 0.3) is 0 Å². The van der Waals surface area contributed by atoms with Crippen molar-refractivity contribution in [2.45, 2.75) is 65.0 Å². The van der Waals surface area contributed by atoms with Gasteiger partial charge in [0.2, 0.25) is 5.91 Å². The molecule has 5 nitrogen and oxygen atoms in total. The molecule has 0 aromatic carbocycles. The van der Waals surface area contributed by atoms with E-state index in [0.717, 1.165) is 43.9 Å². The maximum Gasteiger partial charge on any atom is 0.220 e. The van der Waals surface area contributed by atoms with Gasteiger partial charge in [0.15, 0.2) is 0 Å². The molecule has 1 atom stereocenters. The third kappa shape index (κ3) is 3.69. The van der Waals surface area contributed by atoms with Gasteiger partial charge in [-0.3, -0.25) is 9.69 Å². The molecule has 0 bridgehead atoms. The molecule has 2 aliphatic rings. The third-order valence-electron chi connectivity index (χ3n) is 5.15. The highest BCUT2D eigenvalue weighted by Gasteiger charge is 2.26. The minimum Gasteiger partial charge on any atom is -0.361 e. The maximum absolute atomic E-state index is 12.1. The van der Waals surface area contributed by atoms with Crippen LogP contribution < -0.4 is 5.32 Å². The van der Waals surface area contributed by atoms with Gasteiger partial charge < -0.3 is 9.84 Å². The molecule has 1 aromatic rings. The average molecular weight is 305 g/mol. The summed E-state index contributed by atoms with van der Waals surface area (Å²) in [5.74, 6) is 1.78. The van der Waals surface area contributed by atoms with E-state index in [1.54, 1.807) is 0 Å². The molecule has 2 fully saturated rings. The van der Waals surface area contributed by atoms with Crippen LogP contribution in [-0.2, 0) is 11.3 Å². The average Bonchev–Trinajstić information content (AvgIpc) is 3.19. The van der Waals surface area contributed by atoms with E-state index in [0.29, 0.717) is 12.0 Å². The second-order valence-corrected chi connectivity index (χ2v) is 6.95. The van der Waals surface area contributed by atoms with Crippen LogP contribution >= 0.6 is 0 Å². The SMILES string of the molecule is Cc1noc(C)c1CN1CC[C@H](NC(=O)CC2CCCC2)C1. The van der Waals surface area contributed by atoms with E-state index in [-0.39, 0.29) is 5.91 Å². The number of amides is 1. The Morgan fingerprint density at radius 1 is 1.32 bits per heavy atom. The monoisotopic (exact) mass is 305 g/mol. The van der Waals surface area contributed by atoms with Crippen molar-refractivity contribution in [3.05, 3.63) is 17.0 Å². The molecular weight excluding hydrogens is 278 g/mol. The van der Waals surface area contributed by atoms with Gasteiger partial charge in [0, 0.05) is 37.7 Å².